The van der Waals surface area contributed by atoms with Gasteiger partial charge in [0.2, 0.25) is 11.4 Å². The second-order valence-corrected chi connectivity index (χ2v) is 8.31. The fourth-order valence-corrected chi connectivity index (χ4v) is 4.49. The van der Waals surface area contributed by atoms with Gasteiger partial charge in [-0.1, -0.05) is 35.1 Å². The molecular formula is C22H22ClN3O3S. The van der Waals surface area contributed by atoms with Gasteiger partial charge in [0.05, 0.1) is 18.6 Å². The van der Waals surface area contributed by atoms with Crippen molar-refractivity contribution in [2.24, 2.45) is 5.73 Å². The summed E-state index contributed by atoms with van der Waals surface area (Å²) in [6, 6.07) is 12.2. The van der Waals surface area contributed by atoms with E-state index in [2.05, 4.69) is 11.5 Å². The zero-order chi connectivity index (χ0) is 21.8. The number of carbonyl (C=O) groups is 2. The first kappa shape index (κ1) is 21.8. The maximum absolute atomic E-state index is 11.3. The van der Waals surface area contributed by atoms with Crippen LogP contribution in [0, 0.1) is 0 Å². The number of thiazole rings is 1. The number of hydrogen-bond donors (Lipinski definition) is 1. The van der Waals surface area contributed by atoms with Crippen LogP contribution in [0.3, 0.4) is 0 Å². The second-order valence-electron chi connectivity index (χ2n) is 6.81. The number of halogens is 1. The van der Waals surface area contributed by atoms with Crippen LogP contribution in [-0.4, -0.2) is 24.5 Å². The number of aryl methyl sites for hydroxylation is 1. The third-order valence-electron chi connectivity index (χ3n) is 4.79. The fraction of sp³-hybridized carbons (Fsp3) is 0.227. The molecule has 3 aromatic rings. The van der Waals surface area contributed by atoms with E-state index >= 15 is 0 Å². The van der Waals surface area contributed by atoms with Gasteiger partial charge >= 0.3 is 0 Å². The molecule has 0 radical (unpaired) electrons. The van der Waals surface area contributed by atoms with Crippen molar-refractivity contribution in [1.82, 2.24) is 0 Å². The summed E-state index contributed by atoms with van der Waals surface area (Å²) in [5.41, 5.74) is 7.89. The monoisotopic (exact) mass is 443 g/mol. The molecule has 0 fully saturated rings. The number of fused-ring (bicyclic) bond motifs is 1. The molecule has 156 valence electrons. The van der Waals surface area contributed by atoms with Crippen molar-refractivity contribution in [2.45, 2.75) is 26.4 Å². The number of carbonyl (C=O) groups excluding carboxylic acids is 2. The van der Waals surface area contributed by atoms with Crippen molar-refractivity contribution in [3.63, 3.8) is 0 Å². The Balaban J connectivity index is 1.86. The van der Waals surface area contributed by atoms with E-state index in [-0.39, 0.29) is 6.54 Å². The summed E-state index contributed by atoms with van der Waals surface area (Å²) in [4.78, 5) is 24.0. The second kappa shape index (κ2) is 9.28. The summed E-state index contributed by atoms with van der Waals surface area (Å²) < 4.78 is 3.36. The molecule has 1 atom stereocenters. The lowest BCUT2D eigenvalue weighted by Crippen LogP contribution is -2.49. The van der Waals surface area contributed by atoms with Crippen molar-refractivity contribution in [3.05, 3.63) is 58.1 Å². The summed E-state index contributed by atoms with van der Waals surface area (Å²) >= 11 is 7.83. The van der Waals surface area contributed by atoms with E-state index in [1.807, 2.05) is 42.5 Å². The van der Waals surface area contributed by atoms with Crippen LogP contribution in [0.15, 0.2) is 42.5 Å². The van der Waals surface area contributed by atoms with E-state index in [1.165, 1.54) is 11.8 Å². The number of nitrogens with zero attached hydrogens (tertiary/aromatic N) is 2. The van der Waals surface area contributed by atoms with Gasteiger partial charge < -0.3 is 20.5 Å². The first-order valence-corrected chi connectivity index (χ1v) is 10.7. The molecule has 2 N–H and O–H groups in total. The molecule has 30 heavy (non-hydrogen) atoms. The lowest BCUT2D eigenvalue weighted by Gasteiger charge is -2.30. The molecule has 0 bridgehead atoms. The van der Waals surface area contributed by atoms with Crippen LogP contribution >= 0.6 is 22.9 Å². The third-order valence-corrected chi connectivity index (χ3v) is 6.15. The number of carboxylic acids is 1. The van der Waals surface area contributed by atoms with Crippen LogP contribution in [0.2, 0.25) is 5.02 Å². The molecule has 3 rings (SSSR count). The average Bonchev–Trinajstić information content (AvgIpc) is 3.06. The molecule has 8 heteroatoms. The molecule has 0 spiro atoms. The molecule has 0 saturated heterocycles. The lowest BCUT2D eigenvalue weighted by atomic mass is 10.1. The number of hydrogen-bond acceptors (Lipinski definition) is 5. The van der Waals surface area contributed by atoms with Gasteiger partial charge in [-0.2, -0.15) is 4.57 Å². The van der Waals surface area contributed by atoms with Gasteiger partial charge in [0, 0.05) is 22.9 Å². The minimum absolute atomic E-state index is 0.203. The number of aromatic nitrogens is 1. The Morgan fingerprint density at radius 2 is 1.93 bits per heavy atom. The quantitative estimate of drug-likeness (QED) is 0.541. The predicted molar refractivity (Wildman–Crippen MR) is 119 cm³/mol. The van der Waals surface area contributed by atoms with Gasteiger partial charge in [-0.3, -0.25) is 4.79 Å². The van der Waals surface area contributed by atoms with Crippen LogP contribution < -0.4 is 20.3 Å². The predicted octanol–water partition coefficient (Wildman–Crippen LogP) is 2.46. The Morgan fingerprint density at radius 1 is 1.23 bits per heavy atom. The molecule has 2 aromatic carbocycles. The Morgan fingerprint density at radius 3 is 2.53 bits per heavy atom. The van der Waals surface area contributed by atoms with Gasteiger partial charge in [-0.15, -0.1) is 0 Å². The Labute approximate surface area is 183 Å². The molecule has 1 aromatic heterocycles. The molecule has 6 nitrogen and oxygen atoms in total. The standard InChI is InChI=1S/C22H22ClN3O3S/c1-3-25-18-12-16(23)7-10-19(18)30-21(25)11-6-15-4-8-17(9-5-15)26(13-20(24)27)14(2)22(28)29/h4-12,14H,3,13H2,1-2H3,(H2-,24,27,28,29). The van der Waals surface area contributed by atoms with Gasteiger partial charge in [0.15, 0.2) is 0 Å². The SMILES string of the molecule is CC[n+]1c(/C=C/c2ccc(N(CC(N)=O)C(C)C(=O)[O-])cc2)sc2ccc(Cl)cc21. The molecule has 0 aliphatic heterocycles. The van der Waals surface area contributed by atoms with Crippen LogP contribution in [-0.2, 0) is 16.1 Å². The van der Waals surface area contributed by atoms with Crippen LogP contribution in [0.1, 0.15) is 24.4 Å². The van der Waals surface area contributed by atoms with Crippen molar-refractivity contribution in [1.29, 1.82) is 0 Å². The van der Waals surface area contributed by atoms with Crippen molar-refractivity contribution in [2.75, 3.05) is 11.4 Å². The zero-order valence-corrected chi connectivity index (χ0v) is 18.2. The summed E-state index contributed by atoms with van der Waals surface area (Å²) in [5.74, 6) is -1.88. The van der Waals surface area contributed by atoms with Crippen molar-refractivity contribution in [3.8, 4) is 0 Å². The molecule has 0 aliphatic rings. The van der Waals surface area contributed by atoms with E-state index in [0.29, 0.717) is 10.7 Å². The topological polar surface area (TPSA) is 90.3 Å². The Kier molecular flexibility index (Phi) is 6.74. The molecule has 1 amide bonds. The summed E-state index contributed by atoms with van der Waals surface area (Å²) in [5, 5.41) is 13.1. The largest absolute Gasteiger partial charge is 0.548 e. The summed E-state index contributed by atoms with van der Waals surface area (Å²) in [6.07, 6.45) is 4.03. The molecular weight excluding hydrogens is 422 g/mol. The van der Waals surface area contributed by atoms with Crippen molar-refractivity contribution >= 4 is 62.9 Å². The van der Waals surface area contributed by atoms with E-state index in [0.717, 1.165) is 27.3 Å². The molecule has 0 saturated carbocycles. The molecule has 1 unspecified atom stereocenters. The van der Waals surface area contributed by atoms with E-state index in [4.69, 9.17) is 17.3 Å². The first-order valence-electron chi connectivity index (χ1n) is 9.46. The summed E-state index contributed by atoms with van der Waals surface area (Å²) in [6.45, 7) is 4.17. The average molecular weight is 444 g/mol. The number of anilines is 1. The Bertz CT molecular complexity index is 1110. The van der Waals surface area contributed by atoms with Gasteiger partial charge in [0.25, 0.3) is 5.01 Å². The van der Waals surface area contributed by atoms with Crippen LogP contribution in [0.4, 0.5) is 5.69 Å². The smallest absolute Gasteiger partial charge is 0.262 e. The van der Waals surface area contributed by atoms with Gasteiger partial charge in [-0.25, -0.2) is 0 Å². The van der Waals surface area contributed by atoms with E-state index in [1.54, 1.807) is 23.5 Å². The first-order chi connectivity index (χ1) is 14.3. The maximum Gasteiger partial charge on any atom is 0.262 e. The highest BCUT2D eigenvalue weighted by Gasteiger charge is 2.18. The van der Waals surface area contributed by atoms with Gasteiger partial charge in [0.1, 0.15) is 11.2 Å². The summed E-state index contributed by atoms with van der Waals surface area (Å²) in [7, 11) is 0. The normalized spacial score (nSPS) is 12.4. The number of rotatable bonds is 8. The van der Waals surface area contributed by atoms with E-state index < -0.39 is 17.9 Å². The minimum atomic E-state index is -1.27. The highest BCUT2D eigenvalue weighted by atomic mass is 35.5. The van der Waals surface area contributed by atoms with Crippen molar-refractivity contribution < 1.29 is 19.3 Å². The molecule has 0 aliphatic carbocycles. The highest BCUT2D eigenvalue weighted by molar-refractivity contribution is 7.18. The lowest BCUT2D eigenvalue weighted by molar-refractivity contribution is -0.665. The number of amides is 1. The minimum Gasteiger partial charge on any atom is -0.548 e. The Hall–Kier alpha value is -2.90. The van der Waals surface area contributed by atoms with Crippen LogP contribution in [0.5, 0.6) is 0 Å². The number of nitrogens with two attached hydrogens (primary N) is 1. The number of carboxylic acid groups (broad SMARTS) is 1. The zero-order valence-electron chi connectivity index (χ0n) is 16.7. The van der Waals surface area contributed by atoms with E-state index in [9.17, 15) is 14.7 Å². The van der Waals surface area contributed by atoms with Crippen LogP contribution in [0.25, 0.3) is 22.4 Å². The van der Waals surface area contributed by atoms with Gasteiger partial charge in [-0.05, 0) is 49.8 Å². The molecule has 1 heterocycles. The number of benzene rings is 2. The fourth-order valence-electron chi connectivity index (χ4n) is 3.22. The third kappa shape index (κ3) is 4.80. The number of primary amides is 1. The number of aliphatic carboxylic acids is 1. The highest BCUT2D eigenvalue weighted by Crippen LogP contribution is 2.25. The maximum atomic E-state index is 11.3.